The summed E-state index contributed by atoms with van der Waals surface area (Å²) in [7, 11) is 0.962. The van der Waals surface area contributed by atoms with E-state index in [-0.39, 0.29) is 36.0 Å². The van der Waals surface area contributed by atoms with E-state index in [4.69, 9.17) is 18.9 Å². The molecule has 3 heterocycles. The van der Waals surface area contributed by atoms with Gasteiger partial charge in [0.25, 0.3) is 11.8 Å². The maximum Gasteiger partial charge on any atom is 0.266 e. The van der Waals surface area contributed by atoms with E-state index in [2.05, 4.69) is 32.2 Å². The van der Waals surface area contributed by atoms with Crippen LogP contribution >= 0.6 is 0 Å². The lowest BCUT2D eigenvalue weighted by Crippen LogP contribution is -2.51. The largest absolute Gasteiger partial charge is 0.497 e. The first-order valence-electron chi connectivity index (χ1n) is 18.4. The Bertz CT molecular complexity index is 2220. The van der Waals surface area contributed by atoms with Crippen LogP contribution < -0.4 is 29.2 Å². The lowest BCUT2D eigenvalue weighted by Gasteiger charge is -2.37. The zero-order chi connectivity index (χ0) is 37.8. The molecule has 3 aliphatic heterocycles. The fourth-order valence-electron chi connectivity index (χ4n) is 8.97. The van der Waals surface area contributed by atoms with Crippen molar-refractivity contribution in [3.63, 3.8) is 0 Å². The molecule has 4 atom stereocenters. The molecule has 54 heavy (non-hydrogen) atoms. The summed E-state index contributed by atoms with van der Waals surface area (Å²) in [5, 5.41) is 11.5. The number of methoxy groups -OCH3 is 2. The maximum absolute atomic E-state index is 15.1. The predicted octanol–water partition coefficient (Wildman–Crippen LogP) is 7.93. The molecule has 1 fully saturated rings. The number of anilines is 3. The van der Waals surface area contributed by atoms with Crippen molar-refractivity contribution in [2.24, 2.45) is 5.92 Å². The van der Waals surface area contributed by atoms with Crippen molar-refractivity contribution in [1.82, 2.24) is 0 Å². The summed E-state index contributed by atoms with van der Waals surface area (Å²) in [6.07, 6.45) is 0.0878. The number of para-hydroxylation sites is 3. The molecule has 1 spiro atoms. The van der Waals surface area contributed by atoms with Gasteiger partial charge in [-0.1, -0.05) is 73.7 Å². The summed E-state index contributed by atoms with van der Waals surface area (Å²) >= 11 is 0. The molecule has 0 radical (unpaired) electrons. The van der Waals surface area contributed by atoms with Crippen LogP contribution in [-0.2, 0) is 21.7 Å². The zero-order valence-corrected chi connectivity index (χ0v) is 32.1. The van der Waals surface area contributed by atoms with Gasteiger partial charge in [0.1, 0.15) is 17.2 Å². The molecule has 9 nitrogen and oxygen atoms in total. The topological polar surface area (TPSA) is 97.8 Å². The molecule has 0 aromatic heterocycles. The number of carbonyl (C=O) groups is 2. The average molecular weight is 741 g/mol. The first-order chi connectivity index (χ1) is 26.1. The van der Waals surface area contributed by atoms with Crippen molar-refractivity contribution < 1.29 is 33.6 Å². The van der Waals surface area contributed by atoms with E-state index < -0.39 is 13.7 Å². The minimum atomic E-state index is -2.32. The van der Waals surface area contributed by atoms with Crippen LogP contribution in [0.2, 0.25) is 18.6 Å². The number of carbonyl (C=O) groups excluding carboxylic acids is 2. The third kappa shape index (κ3) is 5.59. The number of nitrogens with zero attached hydrogens (tertiary/aromatic N) is 2. The summed E-state index contributed by atoms with van der Waals surface area (Å²) in [4.78, 5) is 32.6. The molecule has 5 aromatic rings. The number of amides is 2. The highest BCUT2D eigenvalue weighted by atomic mass is 28.3. The second-order valence-corrected chi connectivity index (χ2v) is 19.5. The van der Waals surface area contributed by atoms with Gasteiger partial charge in [-0.25, -0.2) is 0 Å². The minimum Gasteiger partial charge on any atom is -0.497 e. The first kappa shape index (κ1) is 35.6. The minimum absolute atomic E-state index is 0.0171. The monoisotopic (exact) mass is 740 g/mol. The van der Waals surface area contributed by atoms with Crippen LogP contribution in [0.25, 0.3) is 0 Å². The Kier molecular flexibility index (Phi) is 9.08. The van der Waals surface area contributed by atoms with Crippen molar-refractivity contribution in [2.45, 2.75) is 50.2 Å². The molecule has 8 rings (SSSR count). The average Bonchev–Trinajstić information content (AvgIpc) is 3.56. The molecule has 10 heteroatoms. The molecule has 1 N–H and O–H groups in total. The van der Waals surface area contributed by atoms with Crippen LogP contribution in [0.4, 0.5) is 17.1 Å². The molecule has 0 saturated carbocycles. The summed E-state index contributed by atoms with van der Waals surface area (Å²) in [5.74, 6) is 2.00. The van der Waals surface area contributed by atoms with Gasteiger partial charge in [0.15, 0.2) is 11.4 Å². The van der Waals surface area contributed by atoms with E-state index in [1.807, 2.05) is 95.9 Å². The van der Waals surface area contributed by atoms with Crippen LogP contribution in [0.1, 0.15) is 34.8 Å². The van der Waals surface area contributed by atoms with Gasteiger partial charge in [0.2, 0.25) is 0 Å². The van der Waals surface area contributed by atoms with Crippen LogP contribution in [0.3, 0.4) is 0 Å². The smallest absolute Gasteiger partial charge is 0.266 e. The van der Waals surface area contributed by atoms with Crippen molar-refractivity contribution in [2.75, 3.05) is 30.6 Å². The first-order valence-corrected chi connectivity index (χ1v) is 21.4. The lowest BCUT2D eigenvalue weighted by molar-refractivity contribution is -0.146. The molecular weight excluding hydrogens is 697 g/mol. The Labute approximate surface area is 316 Å². The Balaban J connectivity index is 1.14. The quantitative estimate of drug-likeness (QED) is 0.153. The van der Waals surface area contributed by atoms with Crippen LogP contribution in [0, 0.1) is 5.92 Å². The molecule has 0 aliphatic carbocycles. The lowest BCUT2D eigenvalue weighted by atomic mass is 9.82. The van der Waals surface area contributed by atoms with E-state index in [9.17, 15) is 9.90 Å². The van der Waals surface area contributed by atoms with E-state index in [0.29, 0.717) is 47.2 Å². The van der Waals surface area contributed by atoms with E-state index in [0.717, 1.165) is 22.6 Å². The summed E-state index contributed by atoms with van der Waals surface area (Å²) in [6, 6.07) is 36.5. The Morgan fingerprint density at radius 2 is 1.46 bits per heavy atom. The summed E-state index contributed by atoms with van der Waals surface area (Å²) < 4.78 is 24.4. The maximum atomic E-state index is 15.1. The number of hydrogen-bond acceptors (Lipinski definition) is 7. The molecule has 2 amide bonds. The van der Waals surface area contributed by atoms with Gasteiger partial charge in [-0.2, -0.15) is 0 Å². The molecular formula is C44H44N2O7Si. The van der Waals surface area contributed by atoms with E-state index in [1.165, 1.54) is 5.19 Å². The standard InChI is InChI=1S/C44H44N2O7Si/c1-28-41(54(4,5)33-21-18-31(50-2)19-22-33)40(24-25-47)53-44(28)35-26-32(51-3)20-23-36(35)45(43(44)49)27-29-14-16-30(17-15-29)46-37-11-7-9-13-39(37)52-38-12-8-6-10-34(38)42(46)48/h6-23,26,28,40-41,47H,24-25,27H2,1-5H3/t28-,40+,41-,44+/m1/s1. The number of hydrogen-bond donors (Lipinski definition) is 1. The Morgan fingerprint density at radius 1 is 0.796 bits per heavy atom. The Morgan fingerprint density at radius 3 is 2.17 bits per heavy atom. The molecule has 0 unspecified atom stereocenters. The van der Waals surface area contributed by atoms with Gasteiger partial charge in [-0.3, -0.25) is 14.5 Å². The number of fused-ring (bicyclic) bond motifs is 4. The molecule has 1 saturated heterocycles. The van der Waals surface area contributed by atoms with Crippen LogP contribution in [0.5, 0.6) is 23.0 Å². The highest BCUT2D eigenvalue weighted by molar-refractivity contribution is 6.91. The number of aliphatic hydroxyl groups excluding tert-OH is 1. The highest BCUT2D eigenvalue weighted by Crippen LogP contribution is 2.60. The highest BCUT2D eigenvalue weighted by Gasteiger charge is 2.66. The third-order valence-corrected chi connectivity index (χ3v) is 16.0. The Hall–Kier alpha value is -5.42. The van der Waals surface area contributed by atoms with E-state index >= 15 is 4.79 Å². The zero-order valence-electron chi connectivity index (χ0n) is 31.1. The van der Waals surface area contributed by atoms with Crippen LogP contribution in [-0.4, -0.2) is 51.9 Å². The van der Waals surface area contributed by atoms with Crippen molar-refractivity contribution >= 4 is 42.1 Å². The summed E-state index contributed by atoms with van der Waals surface area (Å²) in [5.41, 5.74) is 3.00. The van der Waals surface area contributed by atoms with Gasteiger partial charge in [0, 0.05) is 23.8 Å². The van der Waals surface area contributed by atoms with Crippen molar-refractivity contribution in [3.8, 4) is 23.0 Å². The fourth-order valence-corrected chi connectivity index (χ4v) is 13.0. The van der Waals surface area contributed by atoms with Crippen molar-refractivity contribution in [1.29, 1.82) is 0 Å². The molecule has 276 valence electrons. The molecule has 5 aromatic carbocycles. The number of rotatable bonds is 9. The second-order valence-electron chi connectivity index (χ2n) is 14.8. The number of benzene rings is 5. The second kappa shape index (κ2) is 13.8. The van der Waals surface area contributed by atoms with Gasteiger partial charge in [-0.05, 0) is 84.3 Å². The van der Waals surface area contributed by atoms with Gasteiger partial charge in [-0.15, -0.1) is 0 Å². The number of aliphatic hydroxyl groups is 1. The van der Waals surface area contributed by atoms with Gasteiger partial charge >= 0.3 is 0 Å². The summed E-state index contributed by atoms with van der Waals surface area (Å²) in [6.45, 7) is 7.03. The number of ether oxygens (including phenoxy) is 4. The van der Waals surface area contributed by atoms with E-state index in [1.54, 1.807) is 31.3 Å². The van der Waals surface area contributed by atoms with Crippen LogP contribution in [0.15, 0.2) is 115 Å². The SMILES string of the molecule is COc1ccc([Si](C)(C)[C@H]2[C@H](CCO)O[C@@]3(C(=O)N(Cc4ccc(N5C(=O)c6ccccc6Oc6ccccc65)cc4)c4ccc(OC)cc43)[C@@H]2C)cc1. The normalized spacial score (nSPS) is 21.7. The van der Waals surface area contributed by atoms with Crippen molar-refractivity contribution in [3.05, 3.63) is 132 Å². The van der Waals surface area contributed by atoms with Gasteiger partial charge in [0.05, 0.1) is 51.9 Å². The predicted molar refractivity (Wildman–Crippen MR) is 211 cm³/mol. The molecule has 3 aliphatic rings. The van der Waals surface area contributed by atoms with Gasteiger partial charge < -0.3 is 29.0 Å². The molecule has 0 bridgehead atoms. The third-order valence-electron chi connectivity index (χ3n) is 11.6. The fraction of sp³-hybridized carbons (Fsp3) is 0.273.